The Bertz CT molecular complexity index is 780. The fourth-order valence-corrected chi connectivity index (χ4v) is 2.75. The van der Waals surface area contributed by atoms with Gasteiger partial charge in [-0.15, -0.1) is 0 Å². The molecule has 0 spiro atoms. The fourth-order valence-electron chi connectivity index (χ4n) is 2.75. The molecule has 26 heavy (non-hydrogen) atoms. The van der Waals surface area contributed by atoms with E-state index in [1.807, 2.05) is 19.0 Å². The van der Waals surface area contributed by atoms with Gasteiger partial charge in [0.15, 0.2) is 11.6 Å². The highest BCUT2D eigenvalue weighted by atomic mass is 19.1. The van der Waals surface area contributed by atoms with E-state index in [1.54, 1.807) is 31.2 Å². The molecule has 1 aromatic carbocycles. The normalized spacial score (nSPS) is 18.3. The minimum Gasteiger partial charge on any atom is -0.485 e. The predicted octanol–water partition coefficient (Wildman–Crippen LogP) is 2.41. The van der Waals surface area contributed by atoms with Crippen molar-refractivity contribution < 1.29 is 18.7 Å². The lowest BCUT2D eigenvalue weighted by molar-refractivity contribution is 0.0907. The van der Waals surface area contributed by atoms with Crippen molar-refractivity contribution in [3.05, 3.63) is 53.5 Å². The molecule has 0 bridgehead atoms. The topological polar surface area (TPSA) is 63.7 Å². The van der Waals surface area contributed by atoms with Gasteiger partial charge in [-0.3, -0.25) is 4.79 Å². The molecule has 1 aliphatic heterocycles. The zero-order valence-corrected chi connectivity index (χ0v) is 15.0. The average Bonchev–Trinajstić information content (AvgIpc) is 2.92. The summed E-state index contributed by atoms with van der Waals surface area (Å²) in [7, 11) is 3.92. The molecule has 0 fully saturated rings. The third kappa shape index (κ3) is 3.94. The molecule has 7 heteroatoms. The van der Waals surface area contributed by atoms with Gasteiger partial charge in [0.05, 0.1) is 11.6 Å². The van der Waals surface area contributed by atoms with Crippen molar-refractivity contribution >= 4 is 5.91 Å². The van der Waals surface area contributed by atoms with Gasteiger partial charge in [0, 0.05) is 24.4 Å². The summed E-state index contributed by atoms with van der Waals surface area (Å²) >= 11 is 0. The number of para-hydroxylation sites is 1. The highest BCUT2D eigenvalue weighted by Crippen LogP contribution is 2.38. The van der Waals surface area contributed by atoms with E-state index >= 15 is 0 Å². The summed E-state index contributed by atoms with van der Waals surface area (Å²) in [6.07, 6.45) is 1.11. The molecule has 2 unspecified atom stereocenters. The SMILES string of the molecule is CC1Oc2c(F)cccc2C1NC(=O)c1ccc(OCCN(C)C)nc1. The minimum atomic E-state index is -0.424. The van der Waals surface area contributed by atoms with Crippen molar-refractivity contribution in [2.75, 3.05) is 27.2 Å². The first-order valence-corrected chi connectivity index (χ1v) is 8.45. The summed E-state index contributed by atoms with van der Waals surface area (Å²) < 4.78 is 24.9. The molecule has 1 aromatic heterocycles. The maximum atomic E-state index is 13.8. The number of hydrogen-bond donors (Lipinski definition) is 1. The highest BCUT2D eigenvalue weighted by Gasteiger charge is 2.34. The number of rotatable bonds is 6. The van der Waals surface area contributed by atoms with Crippen LogP contribution in [0.4, 0.5) is 4.39 Å². The third-order valence-electron chi connectivity index (χ3n) is 4.18. The van der Waals surface area contributed by atoms with Gasteiger partial charge in [-0.1, -0.05) is 12.1 Å². The van der Waals surface area contributed by atoms with Crippen LogP contribution in [-0.2, 0) is 0 Å². The Hall–Kier alpha value is -2.67. The molecule has 1 aliphatic rings. The van der Waals surface area contributed by atoms with Gasteiger partial charge in [-0.25, -0.2) is 9.37 Å². The van der Waals surface area contributed by atoms with Gasteiger partial charge in [0.1, 0.15) is 12.7 Å². The van der Waals surface area contributed by atoms with Crippen LogP contribution in [0.3, 0.4) is 0 Å². The molecule has 2 heterocycles. The number of nitrogens with zero attached hydrogens (tertiary/aromatic N) is 2. The Labute approximate surface area is 151 Å². The van der Waals surface area contributed by atoms with Crippen molar-refractivity contribution in [1.29, 1.82) is 0 Å². The van der Waals surface area contributed by atoms with Gasteiger partial charge in [-0.05, 0) is 33.2 Å². The monoisotopic (exact) mass is 359 g/mol. The number of fused-ring (bicyclic) bond motifs is 1. The van der Waals surface area contributed by atoms with Crippen LogP contribution in [0.15, 0.2) is 36.5 Å². The van der Waals surface area contributed by atoms with Gasteiger partial charge in [0.2, 0.25) is 5.88 Å². The smallest absolute Gasteiger partial charge is 0.253 e. The zero-order valence-electron chi connectivity index (χ0n) is 15.0. The highest BCUT2D eigenvalue weighted by molar-refractivity contribution is 5.94. The molecule has 0 aliphatic carbocycles. The van der Waals surface area contributed by atoms with Crippen LogP contribution in [0.1, 0.15) is 28.9 Å². The Morgan fingerprint density at radius 2 is 2.15 bits per heavy atom. The molecule has 1 N–H and O–H groups in total. The Balaban J connectivity index is 1.65. The van der Waals surface area contributed by atoms with Gasteiger partial charge < -0.3 is 19.7 Å². The maximum Gasteiger partial charge on any atom is 0.253 e. The number of nitrogens with one attached hydrogen (secondary N) is 1. The summed E-state index contributed by atoms with van der Waals surface area (Å²) in [5, 5.41) is 2.89. The van der Waals surface area contributed by atoms with E-state index in [0.29, 0.717) is 23.6 Å². The lowest BCUT2D eigenvalue weighted by Gasteiger charge is -2.17. The predicted molar refractivity (Wildman–Crippen MR) is 95.0 cm³/mol. The van der Waals surface area contributed by atoms with Gasteiger partial charge in [0.25, 0.3) is 5.91 Å². The number of carbonyl (C=O) groups is 1. The van der Waals surface area contributed by atoms with Crippen LogP contribution in [0.5, 0.6) is 11.6 Å². The summed E-state index contributed by atoms with van der Waals surface area (Å²) in [5.74, 6) is -0.0525. The number of halogens is 1. The van der Waals surface area contributed by atoms with E-state index in [2.05, 4.69) is 10.3 Å². The first kappa shape index (κ1) is 18.1. The number of aromatic nitrogens is 1. The Kier molecular flexibility index (Phi) is 5.37. The van der Waals surface area contributed by atoms with Crippen molar-refractivity contribution in [3.8, 4) is 11.6 Å². The van der Waals surface area contributed by atoms with E-state index in [1.165, 1.54) is 12.3 Å². The minimum absolute atomic E-state index is 0.202. The van der Waals surface area contributed by atoms with Crippen LogP contribution in [0.25, 0.3) is 0 Å². The molecule has 2 aromatic rings. The molecule has 2 atom stereocenters. The molecular formula is C19H22FN3O3. The fraction of sp³-hybridized carbons (Fsp3) is 0.368. The van der Waals surface area contributed by atoms with Crippen LogP contribution in [0.2, 0.25) is 0 Å². The molecular weight excluding hydrogens is 337 g/mol. The van der Waals surface area contributed by atoms with Crippen molar-refractivity contribution in [1.82, 2.24) is 15.2 Å². The third-order valence-corrected chi connectivity index (χ3v) is 4.18. The summed E-state index contributed by atoms with van der Waals surface area (Å²) in [5.41, 5.74) is 1.05. The molecule has 138 valence electrons. The van der Waals surface area contributed by atoms with Crippen LogP contribution < -0.4 is 14.8 Å². The number of ether oxygens (including phenoxy) is 2. The molecule has 6 nitrogen and oxygen atoms in total. The van der Waals surface area contributed by atoms with Crippen LogP contribution in [0, 0.1) is 5.82 Å². The molecule has 0 radical (unpaired) electrons. The van der Waals surface area contributed by atoms with Crippen molar-refractivity contribution in [2.45, 2.75) is 19.1 Å². The van der Waals surface area contributed by atoms with E-state index in [9.17, 15) is 9.18 Å². The molecule has 1 amide bonds. The average molecular weight is 359 g/mol. The maximum absolute atomic E-state index is 13.8. The number of pyridine rings is 1. The largest absolute Gasteiger partial charge is 0.485 e. The standard InChI is InChI=1S/C19H22FN3O3/c1-12-17(14-5-4-6-15(20)18(14)26-12)22-19(24)13-7-8-16(21-11-13)25-10-9-23(2)3/h4-8,11-12,17H,9-10H2,1-3H3,(H,22,24). The lowest BCUT2D eigenvalue weighted by atomic mass is 10.0. The van der Waals surface area contributed by atoms with E-state index in [4.69, 9.17) is 9.47 Å². The number of benzene rings is 1. The molecule has 0 saturated carbocycles. The van der Waals surface area contributed by atoms with Crippen molar-refractivity contribution in [3.63, 3.8) is 0 Å². The van der Waals surface area contributed by atoms with Gasteiger partial charge in [-0.2, -0.15) is 0 Å². The summed E-state index contributed by atoms with van der Waals surface area (Å²) in [6, 6.07) is 7.61. The second-order valence-corrected chi connectivity index (χ2v) is 6.47. The van der Waals surface area contributed by atoms with E-state index in [-0.39, 0.29) is 17.8 Å². The summed E-state index contributed by atoms with van der Waals surface area (Å²) in [6.45, 7) is 3.09. The first-order valence-electron chi connectivity index (χ1n) is 8.45. The van der Waals surface area contributed by atoms with Crippen LogP contribution >= 0.6 is 0 Å². The summed E-state index contributed by atoms with van der Waals surface area (Å²) in [4.78, 5) is 18.7. The lowest BCUT2D eigenvalue weighted by Crippen LogP contribution is -2.33. The first-order chi connectivity index (χ1) is 12.5. The van der Waals surface area contributed by atoms with Gasteiger partial charge >= 0.3 is 0 Å². The Morgan fingerprint density at radius 1 is 1.35 bits per heavy atom. The number of carbonyl (C=O) groups excluding carboxylic acids is 1. The second-order valence-electron chi connectivity index (χ2n) is 6.47. The van der Waals surface area contributed by atoms with E-state index in [0.717, 1.165) is 6.54 Å². The second kappa shape index (κ2) is 7.70. The van der Waals surface area contributed by atoms with Crippen LogP contribution in [-0.4, -0.2) is 49.1 Å². The van der Waals surface area contributed by atoms with Crippen molar-refractivity contribution in [2.24, 2.45) is 0 Å². The zero-order chi connectivity index (χ0) is 18.7. The van der Waals surface area contributed by atoms with E-state index < -0.39 is 11.9 Å². The molecule has 3 rings (SSSR count). The molecule has 0 saturated heterocycles. The number of amides is 1. The Morgan fingerprint density at radius 3 is 2.85 bits per heavy atom. The number of likely N-dealkylation sites (N-methyl/N-ethyl adjacent to an activating group) is 1. The number of hydrogen-bond acceptors (Lipinski definition) is 5. The quantitative estimate of drug-likeness (QED) is 0.858.